The smallest absolute Gasteiger partial charge is 0.0332 e. The van der Waals surface area contributed by atoms with E-state index in [2.05, 4.69) is 53.4 Å². The van der Waals surface area contributed by atoms with Crippen LogP contribution in [0.5, 0.6) is 0 Å². The Labute approximate surface area is 95.3 Å². The maximum atomic E-state index is 4.20. The summed E-state index contributed by atoms with van der Waals surface area (Å²) in [7, 11) is 0. The number of hydrogen-bond donors (Lipinski definition) is 1. The van der Waals surface area contributed by atoms with Gasteiger partial charge in [-0.15, -0.1) is 0 Å². The zero-order valence-corrected chi connectivity index (χ0v) is 11.2. The summed E-state index contributed by atoms with van der Waals surface area (Å²) in [5, 5.41) is 3.64. The molecule has 1 nitrogen and oxygen atoms in total. The first-order valence-corrected chi connectivity index (χ1v) is 6.21. The van der Waals surface area contributed by atoms with Gasteiger partial charge in [-0.25, -0.2) is 0 Å². The first-order chi connectivity index (χ1) is 6.75. The van der Waals surface area contributed by atoms with Gasteiger partial charge in [0.1, 0.15) is 0 Å². The summed E-state index contributed by atoms with van der Waals surface area (Å²) in [6, 6.07) is 0.569. The summed E-state index contributed by atoms with van der Waals surface area (Å²) in [4.78, 5) is 0. The van der Waals surface area contributed by atoms with Crippen LogP contribution >= 0.6 is 0 Å². The molecule has 1 heterocycles. The Morgan fingerprint density at radius 3 is 2.13 bits per heavy atom. The maximum Gasteiger partial charge on any atom is 0.0332 e. The molecule has 1 N–H and O–H groups in total. The Hall–Kier alpha value is -0.460. The Bertz CT molecular complexity index is 238. The van der Waals surface area contributed by atoms with E-state index in [1.165, 1.54) is 12.1 Å². The molecule has 1 aliphatic rings. The van der Waals surface area contributed by atoms with Gasteiger partial charge in [0.25, 0.3) is 0 Å². The van der Waals surface area contributed by atoms with Gasteiger partial charge in [-0.05, 0) is 23.7 Å². The number of nitrogens with one attached hydrogen (secondary N) is 1. The van der Waals surface area contributed by atoms with E-state index in [1.807, 2.05) is 0 Å². The molecule has 1 fully saturated rings. The number of rotatable bonds is 2. The predicted octanol–water partition coefficient (Wildman–Crippen LogP) is 3.82. The average Bonchev–Trinajstić information content (AvgIpc) is 2.07. The Morgan fingerprint density at radius 2 is 1.73 bits per heavy atom. The third-order valence-electron chi connectivity index (χ3n) is 3.85. The van der Waals surface area contributed by atoms with E-state index in [4.69, 9.17) is 0 Å². The van der Waals surface area contributed by atoms with Crippen molar-refractivity contribution in [2.75, 3.05) is 0 Å². The SMILES string of the molecule is C=C1NC(C(C)C)C(C)(C)CC1C(C)C. The lowest BCUT2D eigenvalue weighted by molar-refractivity contribution is 0.110. The van der Waals surface area contributed by atoms with Gasteiger partial charge in [-0.1, -0.05) is 48.1 Å². The second-order valence-corrected chi connectivity index (χ2v) is 6.43. The van der Waals surface area contributed by atoms with Crippen molar-refractivity contribution in [1.29, 1.82) is 0 Å². The largest absolute Gasteiger partial charge is 0.385 e. The number of allylic oxidation sites excluding steroid dienone is 1. The van der Waals surface area contributed by atoms with Crippen LogP contribution in [-0.4, -0.2) is 6.04 Å². The number of piperidine rings is 1. The molecule has 0 radical (unpaired) electrons. The van der Waals surface area contributed by atoms with Crippen LogP contribution in [0.4, 0.5) is 0 Å². The second-order valence-electron chi connectivity index (χ2n) is 6.43. The molecule has 1 saturated heterocycles. The van der Waals surface area contributed by atoms with E-state index in [0.717, 1.165) is 0 Å². The molecule has 2 atom stereocenters. The van der Waals surface area contributed by atoms with Gasteiger partial charge >= 0.3 is 0 Å². The Morgan fingerprint density at radius 1 is 1.20 bits per heavy atom. The average molecular weight is 209 g/mol. The Balaban J connectivity index is 2.84. The van der Waals surface area contributed by atoms with Crippen molar-refractivity contribution in [1.82, 2.24) is 5.32 Å². The molecule has 88 valence electrons. The molecule has 0 aliphatic carbocycles. The predicted molar refractivity (Wildman–Crippen MR) is 67.6 cm³/mol. The summed E-state index contributed by atoms with van der Waals surface area (Å²) < 4.78 is 0. The molecule has 0 saturated carbocycles. The molecule has 0 aromatic rings. The van der Waals surface area contributed by atoms with Gasteiger partial charge in [0.15, 0.2) is 0 Å². The monoisotopic (exact) mass is 209 g/mol. The molecule has 2 unspecified atom stereocenters. The standard InChI is InChI=1S/C14H27N/c1-9(2)12-8-14(6,7)13(10(3)4)15-11(12)5/h9-10,12-13,15H,5,8H2,1-4,6-7H3. The highest BCUT2D eigenvalue weighted by molar-refractivity contribution is 5.10. The van der Waals surface area contributed by atoms with E-state index in [0.29, 0.717) is 29.2 Å². The summed E-state index contributed by atoms with van der Waals surface area (Å²) >= 11 is 0. The second kappa shape index (κ2) is 4.19. The van der Waals surface area contributed by atoms with E-state index in [1.54, 1.807) is 0 Å². The molecule has 0 bridgehead atoms. The highest BCUT2D eigenvalue weighted by atomic mass is 15.0. The molecular formula is C14H27N. The molecule has 0 spiro atoms. The summed E-state index contributed by atoms with van der Waals surface area (Å²) in [5.74, 6) is 2.00. The first kappa shape index (κ1) is 12.6. The quantitative estimate of drug-likeness (QED) is 0.729. The van der Waals surface area contributed by atoms with E-state index in [9.17, 15) is 0 Å². The lowest BCUT2D eigenvalue weighted by atomic mass is 9.67. The third-order valence-corrected chi connectivity index (χ3v) is 3.85. The van der Waals surface area contributed by atoms with Crippen LogP contribution in [0.25, 0.3) is 0 Å². The fourth-order valence-electron chi connectivity index (χ4n) is 3.03. The lowest BCUT2D eigenvalue weighted by Crippen LogP contribution is -2.52. The molecule has 0 aromatic heterocycles. The molecule has 1 heteroatoms. The highest BCUT2D eigenvalue weighted by Crippen LogP contribution is 2.42. The lowest BCUT2D eigenvalue weighted by Gasteiger charge is -2.48. The van der Waals surface area contributed by atoms with Crippen LogP contribution in [0.1, 0.15) is 48.0 Å². The molecule has 0 amide bonds. The van der Waals surface area contributed by atoms with Crippen molar-refractivity contribution in [3.05, 3.63) is 12.3 Å². The fraction of sp³-hybridized carbons (Fsp3) is 0.857. The zero-order chi connectivity index (χ0) is 11.8. The van der Waals surface area contributed by atoms with E-state index in [-0.39, 0.29) is 0 Å². The van der Waals surface area contributed by atoms with Crippen molar-refractivity contribution >= 4 is 0 Å². The van der Waals surface area contributed by atoms with Crippen LogP contribution < -0.4 is 5.32 Å². The fourth-order valence-corrected chi connectivity index (χ4v) is 3.03. The van der Waals surface area contributed by atoms with Crippen molar-refractivity contribution < 1.29 is 0 Å². The third kappa shape index (κ3) is 2.56. The summed E-state index contributed by atoms with van der Waals surface area (Å²) in [6.45, 7) is 18.1. The van der Waals surface area contributed by atoms with Crippen LogP contribution in [0.15, 0.2) is 12.3 Å². The molecular weight excluding hydrogens is 182 g/mol. The van der Waals surface area contributed by atoms with Gasteiger partial charge < -0.3 is 5.32 Å². The summed E-state index contributed by atoms with van der Waals surface area (Å²) in [5.41, 5.74) is 1.63. The normalized spacial score (nSPS) is 30.8. The molecule has 1 aliphatic heterocycles. The highest BCUT2D eigenvalue weighted by Gasteiger charge is 2.40. The van der Waals surface area contributed by atoms with Gasteiger partial charge in [0.05, 0.1) is 0 Å². The van der Waals surface area contributed by atoms with Crippen LogP contribution in [-0.2, 0) is 0 Å². The topological polar surface area (TPSA) is 12.0 Å². The van der Waals surface area contributed by atoms with Crippen LogP contribution in [0.2, 0.25) is 0 Å². The first-order valence-electron chi connectivity index (χ1n) is 6.21. The van der Waals surface area contributed by atoms with E-state index >= 15 is 0 Å². The van der Waals surface area contributed by atoms with Gasteiger partial charge in [0.2, 0.25) is 0 Å². The summed E-state index contributed by atoms with van der Waals surface area (Å²) in [6.07, 6.45) is 1.26. The van der Waals surface area contributed by atoms with Crippen LogP contribution in [0, 0.1) is 23.2 Å². The van der Waals surface area contributed by atoms with Gasteiger partial charge in [0, 0.05) is 17.7 Å². The van der Waals surface area contributed by atoms with Gasteiger partial charge in [-0.2, -0.15) is 0 Å². The van der Waals surface area contributed by atoms with E-state index < -0.39 is 0 Å². The molecule has 0 aromatic carbocycles. The van der Waals surface area contributed by atoms with Gasteiger partial charge in [-0.3, -0.25) is 0 Å². The molecule has 15 heavy (non-hydrogen) atoms. The van der Waals surface area contributed by atoms with Crippen molar-refractivity contribution in [3.8, 4) is 0 Å². The number of hydrogen-bond acceptors (Lipinski definition) is 1. The minimum absolute atomic E-state index is 0.379. The minimum atomic E-state index is 0.379. The van der Waals surface area contributed by atoms with Crippen molar-refractivity contribution in [2.24, 2.45) is 23.2 Å². The van der Waals surface area contributed by atoms with Crippen molar-refractivity contribution in [2.45, 2.75) is 54.0 Å². The molecule has 1 rings (SSSR count). The minimum Gasteiger partial charge on any atom is -0.385 e. The zero-order valence-electron chi connectivity index (χ0n) is 11.2. The Kier molecular flexibility index (Phi) is 3.52. The van der Waals surface area contributed by atoms with Crippen molar-refractivity contribution in [3.63, 3.8) is 0 Å². The van der Waals surface area contributed by atoms with Crippen LogP contribution in [0.3, 0.4) is 0 Å². The maximum absolute atomic E-state index is 4.20.